The molecule has 0 aromatic heterocycles. The van der Waals surface area contributed by atoms with E-state index in [1.165, 1.54) is 13.4 Å². The molecule has 4 unspecified atom stereocenters. The third-order valence-corrected chi connectivity index (χ3v) is 6.31. The Morgan fingerprint density at radius 1 is 1.37 bits per heavy atom. The lowest BCUT2D eigenvalue weighted by Crippen LogP contribution is -2.59. The summed E-state index contributed by atoms with van der Waals surface area (Å²) in [6.45, 7) is 2.14. The Bertz CT molecular complexity index is 837. The summed E-state index contributed by atoms with van der Waals surface area (Å²) in [5.41, 5.74) is 1.36. The molecule has 4 aliphatic rings. The van der Waals surface area contributed by atoms with E-state index in [4.69, 9.17) is 14.2 Å². The molecule has 1 aromatic carbocycles. The number of carbonyl (C=O) groups is 2. The topological polar surface area (TPSA) is 77.1 Å². The van der Waals surface area contributed by atoms with E-state index < -0.39 is 5.60 Å². The lowest BCUT2D eigenvalue weighted by Gasteiger charge is -2.51. The van der Waals surface area contributed by atoms with Crippen LogP contribution in [0.3, 0.4) is 0 Å². The highest BCUT2D eigenvalue weighted by Gasteiger charge is 2.55. The summed E-state index contributed by atoms with van der Waals surface area (Å²) >= 11 is 0. The lowest BCUT2D eigenvalue weighted by atomic mass is 9.77. The summed E-state index contributed by atoms with van der Waals surface area (Å²) in [7, 11) is 1.38. The molecule has 2 fully saturated rings. The maximum atomic E-state index is 12.8. The van der Waals surface area contributed by atoms with Gasteiger partial charge < -0.3 is 19.5 Å². The van der Waals surface area contributed by atoms with Crippen molar-refractivity contribution in [2.75, 3.05) is 32.1 Å². The summed E-state index contributed by atoms with van der Waals surface area (Å²) in [4.78, 5) is 27.3. The fourth-order valence-corrected chi connectivity index (χ4v) is 4.93. The molecule has 142 valence electrons. The smallest absolute Gasteiger partial charge is 0.337 e. The van der Waals surface area contributed by atoms with Crippen molar-refractivity contribution in [1.82, 2.24) is 4.90 Å². The first-order valence-corrected chi connectivity index (χ1v) is 9.35. The number of rotatable bonds is 1. The highest BCUT2D eigenvalue weighted by Crippen LogP contribution is 2.48. The molecule has 0 radical (unpaired) electrons. The predicted molar refractivity (Wildman–Crippen MR) is 95.5 cm³/mol. The van der Waals surface area contributed by atoms with E-state index in [1.54, 1.807) is 0 Å². The number of hydrogen-bond donors (Lipinski definition) is 1. The summed E-state index contributed by atoms with van der Waals surface area (Å²) in [5, 5.41) is 2.96. The second-order valence-electron chi connectivity index (χ2n) is 7.64. The maximum absolute atomic E-state index is 12.8. The maximum Gasteiger partial charge on any atom is 0.337 e. The van der Waals surface area contributed by atoms with Crippen LogP contribution < -0.4 is 5.32 Å². The Morgan fingerprint density at radius 2 is 2.22 bits per heavy atom. The van der Waals surface area contributed by atoms with Crippen LogP contribution in [0.15, 0.2) is 36.1 Å². The Balaban J connectivity index is 1.44. The van der Waals surface area contributed by atoms with E-state index in [0.29, 0.717) is 25.0 Å². The van der Waals surface area contributed by atoms with Crippen LogP contribution in [-0.2, 0) is 29.4 Å². The van der Waals surface area contributed by atoms with Crippen molar-refractivity contribution in [1.29, 1.82) is 0 Å². The Labute approximate surface area is 157 Å². The van der Waals surface area contributed by atoms with Crippen molar-refractivity contribution in [3.05, 3.63) is 41.7 Å². The van der Waals surface area contributed by atoms with E-state index in [9.17, 15) is 9.59 Å². The summed E-state index contributed by atoms with van der Waals surface area (Å²) in [6, 6.07) is 7.71. The molecule has 0 aliphatic carbocycles. The van der Waals surface area contributed by atoms with E-state index in [1.807, 2.05) is 24.3 Å². The largest absolute Gasteiger partial charge is 0.500 e. The van der Waals surface area contributed by atoms with Gasteiger partial charge in [-0.2, -0.15) is 0 Å². The normalized spacial score (nSPS) is 34.6. The van der Waals surface area contributed by atoms with Gasteiger partial charge in [0, 0.05) is 42.6 Å². The van der Waals surface area contributed by atoms with Crippen LogP contribution in [0.2, 0.25) is 0 Å². The standard InChI is InChI=1S/C20H22N2O5/c1-25-18(23)14-11-26-10-12-9-22-7-6-20(27-17(22)8-13(12)14)15-4-2-3-5-16(15)21-19(20)24/h2-5,11-13,17H,6-10H2,1H3,(H,21,24). The molecule has 4 heterocycles. The molecular weight excluding hydrogens is 348 g/mol. The zero-order chi connectivity index (χ0) is 18.6. The Morgan fingerprint density at radius 3 is 3.07 bits per heavy atom. The average Bonchev–Trinajstić information content (AvgIpc) is 2.96. The molecular formula is C20H22N2O5. The van der Waals surface area contributed by atoms with Crippen LogP contribution in [0, 0.1) is 11.8 Å². The molecule has 5 rings (SSSR count). The Hall–Kier alpha value is -2.38. The van der Waals surface area contributed by atoms with E-state index in [0.717, 1.165) is 24.3 Å². The van der Waals surface area contributed by atoms with Crippen LogP contribution in [0.25, 0.3) is 0 Å². The second-order valence-corrected chi connectivity index (χ2v) is 7.64. The number of methoxy groups -OCH3 is 1. The van der Waals surface area contributed by atoms with E-state index >= 15 is 0 Å². The summed E-state index contributed by atoms with van der Waals surface area (Å²) in [6.07, 6.45) is 2.57. The minimum Gasteiger partial charge on any atom is -0.500 e. The number of nitrogens with one attached hydrogen (secondary N) is 1. The van der Waals surface area contributed by atoms with Gasteiger partial charge in [0.2, 0.25) is 0 Å². The van der Waals surface area contributed by atoms with Crippen LogP contribution in [0.1, 0.15) is 18.4 Å². The van der Waals surface area contributed by atoms with Crippen molar-refractivity contribution in [2.24, 2.45) is 11.8 Å². The zero-order valence-corrected chi connectivity index (χ0v) is 15.1. The van der Waals surface area contributed by atoms with Crippen molar-refractivity contribution in [3.63, 3.8) is 0 Å². The predicted octanol–water partition coefficient (Wildman–Crippen LogP) is 1.61. The number of piperidine rings is 1. The van der Waals surface area contributed by atoms with Crippen molar-refractivity contribution >= 4 is 17.6 Å². The number of fused-ring (bicyclic) bond motifs is 4. The van der Waals surface area contributed by atoms with Gasteiger partial charge in [0.25, 0.3) is 5.91 Å². The third kappa shape index (κ3) is 2.41. The van der Waals surface area contributed by atoms with Gasteiger partial charge >= 0.3 is 5.97 Å². The SMILES string of the molecule is COC(=O)C1=COCC2CN3CCC4(OC3CC12)C(=O)Nc1ccccc14. The van der Waals surface area contributed by atoms with Gasteiger partial charge in [-0.3, -0.25) is 9.69 Å². The fraction of sp³-hybridized carbons (Fsp3) is 0.500. The zero-order valence-electron chi connectivity index (χ0n) is 15.1. The van der Waals surface area contributed by atoms with E-state index in [2.05, 4.69) is 10.2 Å². The van der Waals surface area contributed by atoms with Crippen molar-refractivity contribution in [3.8, 4) is 0 Å². The first-order chi connectivity index (χ1) is 13.1. The van der Waals surface area contributed by atoms with Gasteiger partial charge in [-0.05, 0) is 12.5 Å². The van der Waals surface area contributed by atoms with E-state index in [-0.39, 0.29) is 29.9 Å². The van der Waals surface area contributed by atoms with Gasteiger partial charge in [0.1, 0.15) is 6.23 Å². The molecule has 2 saturated heterocycles. The van der Waals surface area contributed by atoms with Crippen molar-refractivity contribution in [2.45, 2.75) is 24.7 Å². The first kappa shape index (κ1) is 16.8. The molecule has 4 atom stereocenters. The highest BCUT2D eigenvalue weighted by molar-refractivity contribution is 6.05. The molecule has 1 spiro atoms. The molecule has 0 saturated carbocycles. The summed E-state index contributed by atoms with van der Waals surface area (Å²) < 4.78 is 16.9. The number of benzene rings is 1. The molecule has 0 bridgehead atoms. The monoisotopic (exact) mass is 370 g/mol. The minimum absolute atomic E-state index is 0.0160. The molecule has 1 aromatic rings. The molecule has 1 amide bonds. The lowest BCUT2D eigenvalue weighted by molar-refractivity contribution is -0.220. The van der Waals surface area contributed by atoms with Gasteiger partial charge in [0.15, 0.2) is 5.60 Å². The average molecular weight is 370 g/mol. The highest BCUT2D eigenvalue weighted by atomic mass is 16.5. The number of carbonyl (C=O) groups excluding carboxylic acids is 2. The van der Waals surface area contributed by atoms with Crippen LogP contribution in [0.5, 0.6) is 0 Å². The van der Waals surface area contributed by atoms with Crippen LogP contribution in [0.4, 0.5) is 5.69 Å². The first-order valence-electron chi connectivity index (χ1n) is 9.35. The van der Waals surface area contributed by atoms with Gasteiger partial charge in [-0.25, -0.2) is 4.79 Å². The number of anilines is 1. The van der Waals surface area contributed by atoms with Crippen molar-refractivity contribution < 1.29 is 23.8 Å². The number of para-hydroxylation sites is 1. The molecule has 27 heavy (non-hydrogen) atoms. The molecule has 7 nitrogen and oxygen atoms in total. The summed E-state index contributed by atoms with van der Waals surface area (Å²) in [5.74, 6) is -0.209. The molecule has 4 aliphatic heterocycles. The van der Waals surface area contributed by atoms with Crippen LogP contribution in [-0.4, -0.2) is 49.8 Å². The Kier molecular flexibility index (Phi) is 3.77. The number of esters is 1. The fourth-order valence-electron chi connectivity index (χ4n) is 4.93. The second kappa shape index (κ2) is 6.07. The number of nitrogens with zero attached hydrogens (tertiary/aromatic N) is 1. The minimum atomic E-state index is -0.940. The number of ether oxygens (including phenoxy) is 3. The molecule has 1 N–H and O–H groups in total. The third-order valence-electron chi connectivity index (χ3n) is 6.31. The van der Waals surface area contributed by atoms with Gasteiger partial charge in [0.05, 0.1) is 25.6 Å². The van der Waals surface area contributed by atoms with Gasteiger partial charge in [-0.1, -0.05) is 18.2 Å². The van der Waals surface area contributed by atoms with Crippen LogP contribution >= 0.6 is 0 Å². The quantitative estimate of drug-likeness (QED) is 0.757. The number of hydrogen-bond acceptors (Lipinski definition) is 6. The van der Waals surface area contributed by atoms with Gasteiger partial charge in [-0.15, -0.1) is 0 Å². The number of amides is 1. The molecule has 7 heteroatoms.